The van der Waals surface area contributed by atoms with E-state index < -0.39 is 16.1 Å². The third-order valence-corrected chi connectivity index (χ3v) is 5.43. The zero-order valence-electron chi connectivity index (χ0n) is 13.4. The standard InChI is InChI=1S/C18H20N2O3S/c1-13(21)11-15(14-7-3-2-4-8-14)12-19-18-16-9-5-6-10-17(16)24(22,23)20-18/h2-10,13,15,21H,11-12H2,1H3,(H,19,20). The molecule has 0 saturated heterocycles. The van der Waals surface area contributed by atoms with Crippen LogP contribution in [-0.4, -0.2) is 32.0 Å². The summed E-state index contributed by atoms with van der Waals surface area (Å²) in [4.78, 5) is 4.76. The number of aliphatic hydroxyl groups excluding tert-OH is 1. The van der Waals surface area contributed by atoms with Gasteiger partial charge in [-0.3, -0.25) is 9.71 Å². The van der Waals surface area contributed by atoms with E-state index in [1.807, 2.05) is 30.3 Å². The average Bonchev–Trinajstić information content (AvgIpc) is 2.83. The van der Waals surface area contributed by atoms with Crippen LogP contribution in [-0.2, 0) is 10.0 Å². The van der Waals surface area contributed by atoms with Crippen molar-refractivity contribution in [3.05, 3.63) is 65.7 Å². The number of hydrogen-bond donors (Lipinski definition) is 2. The van der Waals surface area contributed by atoms with E-state index in [2.05, 4.69) is 9.71 Å². The number of nitrogens with one attached hydrogen (secondary N) is 1. The minimum atomic E-state index is -3.52. The Morgan fingerprint density at radius 2 is 1.75 bits per heavy atom. The zero-order valence-corrected chi connectivity index (χ0v) is 14.2. The molecular weight excluding hydrogens is 324 g/mol. The Kier molecular flexibility index (Phi) is 4.69. The molecule has 5 nitrogen and oxygen atoms in total. The summed E-state index contributed by atoms with van der Waals surface area (Å²) in [5.74, 6) is 0.396. The van der Waals surface area contributed by atoms with Crippen molar-refractivity contribution in [3.63, 3.8) is 0 Å². The highest BCUT2D eigenvalue weighted by atomic mass is 32.2. The van der Waals surface area contributed by atoms with Crippen LogP contribution in [0.1, 0.15) is 30.4 Å². The molecule has 0 aliphatic carbocycles. The molecule has 1 heterocycles. The van der Waals surface area contributed by atoms with Gasteiger partial charge < -0.3 is 5.11 Å². The number of benzene rings is 2. The molecule has 1 aliphatic heterocycles. The molecule has 2 N–H and O–H groups in total. The first-order valence-electron chi connectivity index (χ1n) is 7.87. The molecule has 0 amide bonds. The van der Waals surface area contributed by atoms with Crippen LogP contribution in [0.3, 0.4) is 0 Å². The Hall–Kier alpha value is -2.18. The molecule has 2 atom stereocenters. The van der Waals surface area contributed by atoms with Crippen molar-refractivity contribution in [2.75, 3.05) is 6.54 Å². The summed E-state index contributed by atoms with van der Waals surface area (Å²) in [5.41, 5.74) is 1.68. The fourth-order valence-electron chi connectivity index (χ4n) is 2.91. The van der Waals surface area contributed by atoms with E-state index in [-0.39, 0.29) is 10.8 Å². The molecule has 1 aliphatic rings. The predicted molar refractivity (Wildman–Crippen MR) is 93.6 cm³/mol. The number of aliphatic imine (C=N–C) groups is 1. The quantitative estimate of drug-likeness (QED) is 0.873. The topological polar surface area (TPSA) is 78.8 Å². The third kappa shape index (κ3) is 3.49. The molecule has 0 bridgehead atoms. The van der Waals surface area contributed by atoms with Gasteiger partial charge in [-0.2, -0.15) is 0 Å². The first-order valence-corrected chi connectivity index (χ1v) is 9.35. The van der Waals surface area contributed by atoms with E-state index >= 15 is 0 Å². The van der Waals surface area contributed by atoms with E-state index in [0.29, 0.717) is 24.4 Å². The SMILES string of the molecule is CC(O)CC(CN=C1NS(=O)(=O)c2ccccc21)c1ccccc1. The molecule has 3 rings (SSSR count). The van der Waals surface area contributed by atoms with E-state index in [1.165, 1.54) is 0 Å². The molecule has 0 saturated carbocycles. The molecule has 0 spiro atoms. The normalized spacial score (nSPS) is 19.5. The number of nitrogens with zero attached hydrogens (tertiary/aromatic N) is 1. The first-order chi connectivity index (χ1) is 11.5. The zero-order chi connectivity index (χ0) is 17.2. The van der Waals surface area contributed by atoms with Crippen molar-refractivity contribution in [2.24, 2.45) is 4.99 Å². The van der Waals surface area contributed by atoms with Gasteiger partial charge in [-0.25, -0.2) is 8.42 Å². The number of sulfonamides is 1. The van der Waals surface area contributed by atoms with Gasteiger partial charge in [0.2, 0.25) is 0 Å². The smallest absolute Gasteiger partial charge is 0.263 e. The number of aliphatic hydroxyl groups is 1. The van der Waals surface area contributed by atoms with Gasteiger partial charge in [-0.1, -0.05) is 42.5 Å². The highest BCUT2D eigenvalue weighted by Crippen LogP contribution is 2.25. The molecule has 0 fully saturated rings. The molecule has 2 unspecified atom stereocenters. The van der Waals surface area contributed by atoms with E-state index in [0.717, 1.165) is 5.56 Å². The second kappa shape index (κ2) is 6.75. The molecule has 2 aromatic carbocycles. The van der Waals surface area contributed by atoms with Gasteiger partial charge in [0.25, 0.3) is 10.0 Å². The van der Waals surface area contributed by atoms with Gasteiger partial charge in [-0.05, 0) is 31.0 Å². The van der Waals surface area contributed by atoms with Gasteiger partial charge in [0.15, 0.2) is 0 Å². The monoisotopic (exact) mass is 344 g/mol. The molecule has 126 valence electrons. The van der Waals surface area contributed by atoms with Crippen LogP contribution in [0.15, 0.2) is 64.5 Å². The van der Waals surface area contributed by atoms with Crippen molar-refractivity contribution in [1.82, 2.24) is 4.72 Å². The Bertz CT molecular complexity index is 846. The van der Waals surface area contributed by atoms with Crippen molar-refractivity contribution in [1.29, 1.82) is 0 Å². The molecule has 2 aromatic rings. The van der Waals surface area contributed by atoms with Crippen molar-refractivity contribution >= 4 is 15.9 Å². The second-order valence-corrected chi connectivity index (χ2v) is 7.63. The largest absolute Gasteiger partial charge is 0.393 e. The molecule has 0 aromatic heterocycles. The van der Waals surface area contributed by atoms with Gasteiger partial charge in [0.1, 0.15) is 5.84 Å². The predicted octanol–water partition coefficient (Wildman–Crippen LogP) is 2.28. The van der Waals surface area contributed by atoms with Crippen LogP contribution in [0.25, 0.3) is 0 Å². The number of fused-ring (bicyclic) bond motifs is 1. The molecular formula is C18H20N2O3S. The summed E-state index contributed by atoms with van der Waals surface area (Å²) >= 11 is 0. The second-order valence-electron chi connectivity index (χ2n) is 5.98. The van der Waals surface area contributed by atoms with Gasteiger partial charge in [0, 0.05) is 18.0 Å². The van der Waals surface area contributed by atoms with E-state index in [9.17, 15) is 13.5 Å². The van der Waals surface area contributed by atoms with Gasteiger partial charge in [0.05, 0.1) is 11.0 Å². The van der Waals surface area contributed by atoms with Crippen LogP contribution < -0.4 is 4.72 Å². The number of rotatable bonds is 5. The van der Waals surface area contributed by atoms with E-state index in [1.54, 1.807) is 31.2 Å². The van der Waals surface area contributed by atoms with Crippen LogP contribution in [0.2, 0.25) is 0 Å². The van der Waals surface area contributed by atoms with Crippen LogP contribution in [0.5, 0.6) is 0 Å². The van der Waals surface area contributed by atoms with Crippen LogP contribution in [0, 0.1) is 0 Å². The molecule has 0 radical (unpaired) electrons. The number of amidine groups is 1. The highest BCUT2D eigenvalue weighted by Gasteiger charge is 2.30. The summed E-state index contributed by atoms with van der Waals surface area (Å²) in [6.45, 7) is 2.15. The maximum Gasteiger partial charge on any atom is 0.263 e. The molecule has 24 heavy (non-hydrogen) atoms. The summed E-state index contributed by atoms with van der Waals surface area (Å²) in [6.07, 6.45) is 0.109. The lowest BCUT2D eigenvalue weighted by atomic mass is 9.93. The lowest BCUT2D eigenvalue weighted by Crippen LogP contribution is -2.23. The fourth-order valence-corrected chi connectivity index (χ4v) is 4.16. The summed E-state index contributed by atoms with van der Waals surface area (Å²) < 4.78 is 26.8. The Balaban J connectivity index is 1.88. The van der Waals surface area contributed by atoms with Crippen molar-refractivity contribution in [2.45, 2.75) is 30.3 Å². The minimum Gasteiger partial charge on any atom is -0.393 e. The molecule has 6 heteroatoms. The summed E-state index contributed by atoms with van der Waals surface area (Å²) in [7, 11) is -3.52. The maximum absolute atomic E-state index is 12.1. The lowest BCUT2D eigenvalue weighted by Gasteiger charge is -2.17. The van der Waals surface area contributed by atoms with E-state index in [4.69, 9.17) is 0 Å². The Labute approximate surface area is 142 Å². The van der Waals surface area contributed by atoms with Crippen molar-refractivity contribution < 1.29 is 13.5 Å². The van der Waals surface area contributed by atoms with Crippen molar-refractivity contribution in [3.8, 4) is 0 Å². The van der Waals surface area contributed by atoms with Crippen LogP contribution in [0.4, 0.5) is 0 Å². The lowest BCUT2D eigenvalue weighted by molar-refractivity contribution is 0.175. The summed E-state index contributed by atoms with van der Waals surface area (Å²) in [5, 5.41) is 9.76. The highest BCUT2D eigenvalue weighted by molar-refractivity contribution is 7.90. The maximum atomic E-state index is 12.1. The Morgan fingerprint density at radius 1 is 1.08 bits per heavy atom. The minimum absolute atomic E-state index is 0.0240. The average molecular weight is 344 g/mol. The summed E-state index contributed by atoms with van der Waals surface area (Å²) in [6, 6.07) is 16.7. The fraction of sp³-hybridized carbons (Fsp3) is 0.278. The number of hydrogen-bond acceptors (Lipinski definition) is 4. The first kappa shape index (κ1) is 16.7. The van der Waals surface area contributed by atoms with Gasteiger partial charge >= 0.3 is 0 Å². The van der Waals surface area contributed by atoms with Crippen LogP contribution >= 0.6 is 0 Å². The Morgan fingerprint density at radius 3 is 2.46 bits per heavy atom. The third-order valence-electron chi connectivity index (χ3n) is 4.03. The van der Waals surface area contributed by atoms with Gasteiger partial charge in [-0.15, -0.1) is 0 Å².